The fourth-order valence-electron chi connectivity index (χ4n) is 0.809. The van der Waals surface area contributed by atoms with Gasteiger partial charge in [0.15, 0.2) is 0 Å². The zero-order valence-corrected chi connectivity index (χ0v) is 8.08. The van der Waals surface area contributed by atoms with E-state index in [1.807, 2.05) is 0 Å². The first-order valence-electron chi connectivity index (χ1n) is 3.21. The molecule has 5 heteroatoms. The van der Waals surface area contributed by atoms with Gasteiger partial charge >= 0.3 is 0 Å². The monoisotopic (exact) mass is 210 g/mol. The highest BCUT2D eigenvalue weighted by Crippen LogP contribution is 1.87. The number of hydrogen-bond acceptors (Lipinski definition) is 2. The Bertz CT molecular complexity index is 262. The third-order valence-electron chi connectivity index (χ3n) is 1.31. The van der Waals surface area contributed by atoms with Crippen LogP contribution in [0.3, 0.4) is 0 Å². The number of hydrogen-bond donors (Lipinski definition) is 2. The van der Waals surface area contributed by atoms with Crippen molar-refractivity contribution in [1.29, 1.82) is 0 Å². The summed E-state index contributed by atoms with van der Waals surface area (Å²) in [5.74, 6) is 0. The molecule has 0 saturated heterocycles. The highest BCUT2D eigenvalue weighted by Gasteiger charge is 1.93. The Morgan fingerprint density at radius 1 is 1.42 bits per heavy atom. The van der Waals surface area contributed by atoms with Gasteiger partial charge in [0.2, 0.25) is 0 Å². The number of pyridine rings is 1. The summed E-state index contributed by atoms with van der Waals surface area (Å²) < 4.78 is 0. The van der Waals surface area contributed by atoms with Crippen LogP contribution in [0.2, 0.25) is 0 Å². The maximum absolute atomic E-state index is 10.9. The fourth-order valence-corrected chi connectivity index (χ4v) is 0.809. The second kappa shape index (κ2) is 7.16. The van der Waals surface area contributed by atoms with Gasteiger partial charge in [-0.2, -0.15) is 0 Å². The van der Waals surface area contributed by atoms with Gasteiger partial charge in [0.05, 0.1) is 0 Å². The molecule has 0 amide bonds. The van der Waals surface area contributed by atoms with E-state index in [2.05, 4.69) is 4.98 Å². The van der Waals surface area contributed by atoms with Crippen molar-refractivity contribution < 1.29 is 0 Å². The second-order valence-electron chi connectivity index (χ2n) is 2.06. The molecule has 0 aliphatic heterocycles. The van der Waals surface area contributed by atoms with E-state index in [9.17, 15) is 4.79 Å². The molecule has 0 aliphatic rings. The van der Waals surface area contributed by atoms with Crippen LogP contribution >= 0.6 is 24.8 Å². The minimum Gasteiger partial charge on any atom is -0.330 e. The van der Waals surface area contributed by atoms with E-state index in [-0.39, 0.29) is 30.4 Å². The van der Waals surface area contributed by atoms with Gasteiger partial charge in [-0.15, -0.1) is 24.8 Å². The molecule has 1 aromatic heterocycles. The Hall–Kier alpha value is -0.510. The van der Waals surface area contributed by atoms with Gasteiger partial charge in [0.1, 0.15) is 0 Å². The van der Waals surface area contributed by atoms with Crippen molar-refractivity contribution in [2.45, 2.75) is 6.42 Å². The topological polar surface area (TPSA) is 58.9 Å². The van der Waals surface area contributed by atoms with Crippen LogP contribution in [0.5, 0.6) is 0 Å². The molecular weight excluding hydrogens is 199 g/mol. The van der Waals surface area contributed by atoms with E-state index in [1.165, 1.54) is 0 Å². The lowest BCUT2D eigenvalue weighted by molar-refractivity contribution is 0.942. The summed E-state index contributed by atoms with van der Waals surface area (Å²) in [6.45, 7) is 0.521. The summed E-state index contributed by atoms with van der Waals surface area (Å²) in [5, 5.41) is 0. The summed E-state index contributed by atoms with van der Waals surface area (Å²) in [6, 6.07) is 3.58. The molecule has 1 aromatic rings. The van der Waals surface area contributed by atoms with Crippen molar-refractivity contribution in [2.75, 3.05) is 6.54 Å². The third-order valence-corrected chi connectivity index (χ3v) is 1.31. The number of aromatic nitrogens is 1. The lowest BCUT2D eigenvalue weighted by Gasteiger charge is -1.93. The zero-order valence-electron chi connectivity index (χ0n) is 6.45. The van der Waals surface area contributed by atoms with Crippen molar-refractivity contribution in [1.82, 2.24) is 4.98 Å². The van der Waals surface area contributed by atoms with E-state index in [0.717, 1.165) is 5.56 Å². The molecule has 3 nitrogen and oxygen atoms in total. The zero-order chi connectivity index (χ0) is 7.40. The summed E-state index contributed by atoms with van der Waals surface area (Å²) in [6.07, 6.45) is 2.26. The van der Waals surface area contributed by atoms with Crippen molar-refractivity contribution >= 4 is 24.8 Å². The molecule has 0 spiro atoms. The molecule has 12 heavy (non-hydrogen) atoms. The van der Waals surface area contributed by atoms with Crippen molar-refractivity contribution in [3.05, 3.63) is 34.2 Å². The Balaban J connectivity index is 0. The van der Waals surface area contributed by atoms with Gasteiger partial charge in [0.25, 0.3) is 5.56 Å². The fraction of sp³-hybridized carbons (Fsp3) is 0.286. The summed E-state index contributed by atoms with van der Waals surface area (Å²) in [5.41, 5.74) is 6.00. The standard InChI is InChI=1S/C7H10N2O.2ClH/c8-4-3-6-2-1-5-9-7(6)10;;/h1-2,5H,3-4,8H2,(H,9,10);2*1H. The summed E-state index contributed by atoms with van der Waals surface area (Å²) in [4.78, 5) is 13.5. The average molecular weight is 211 g/mol. The Labute approximate surface area is 83.2 Å². The maximum Gasteiger partial charge on any atom is 0.251 e. The molecule has 3 N–H and O–H groups in total. The maximum atomic E-state index is 10.9. The summed E-state index contributed by atoms with van der Waals surface area (Å²) >= 11 is 0. The largest absolute Gasteiger partial charge is 0.330 e. The predicted molar refractivity (Wildman–Crippen MR) is 54.3 cm³/mol. The second-order valence-corrected chi connectivity index (χ2v) is 2.06. The molecule has 0 aliphatic carbocycles. The molecule has 0 saturated carbocycles. The highest BCUT2D eigenvalue weighted by molar-refractivity contribution is 5.85. The van der Waals surface area contributed by atoms with Gasteiger partial charge in [-0.25, -0.2) is 0 Å². The van der Waals surface area contributed by atoms with Gasteiger partial charge in [-0.05, 0) is 19.0 Å². The molecule has 70 valence electrons. The minimum absolute atomic E-state index is 0. The Morgan fingerprint density at radius 3 is 2.58 bits per heavy atom. The number of aromatic amines is 1. The van der Waals surface area contributed by atoms with Crippen LogP contribution in [0.4, 0.5) is 0 Å². The SMILES string of the molecule is Cl.Cl.NCCc1ccc[nH]c1=O. The van der Waals surface area contributed by atoms with Gasteiger partial charge < -0.3 is 10.7 Å². The van der Waals surface area contributed by atoms with E-state index >= 15 is 0 Å². The Morgan fingerprint density at radius 2 is 2.08 bits per heavy atom. The highest BCUT2D eigenvalue weighted by atomic mass is 35.5. The molecule has 0 radical (unpaired) electrons. The lowest BCUT2D eigenvalue weighted by atomic mass is 10.2. The third kappa shape index (κ3) is 3.76. The molecule has 0 unspecified atom stereocenters. The van der Waals surface area contributed by atoms with Gasteiger partial charge in [-0.1, -0.05) is 6.07 Å². The Kier molecular flexibility index (Phi) is 8.37. The van der Waals surface area contributed by atoms with E-state index < -0.39 is 0 Å². The average Bonchev–Trinajstić information content (AvgIpc) is 1.94. The lowest BCUT2D eigenvalue weighted by Crippen LogP contribution is -2.15. The quantitative estimate of drug-likeness (QED) is 0.757. The van der Waals surface area contributed by atoms with Crippen molar-refractivity contribution in [2.24, 2.45) is 5.73 Å². The molecule has 1 heterocycles. The van der Waals surface area contributed by atoms with Crippen molar-refractivity contribution in [3.8, 4) is 0 Å². The number of nitrogens with two attached hydrogens (primary N) is 1. The van der Waals surface area contributed by atoms with Crippen molar-refractivity contribution in [3.63, 3.8) is 0 Å². The smallest absolute Gasteiger partial charge is 0.251 e. The number of H-pyrrole nitrogens is 1. The minimum atomic E-state index is -0.0343. The normalized spacial score (nSPS) is 8.08. The predicted octanol–water partition coefficient (Wildman–Crippen LogP) is 0.720. The molecule has 0 aromatic carbocycles. The van der Waals surface area contributed by atoms with E-state index in [1.54, 1.807) is 18.3 Å². The number of halogens is 2. The number of rotatable bonds is 2. The molecule has 0 bridgehead atoms. The number of nitrogens with one attached hydrogen (secondary N) is 1. The van der Waals surface area contributed by atoms with Crippen LogP contribution in [0.1, 0.15) is 5.56 Å². The molecule has 1 rings (SSSR count). The van der Waals surface area contributed by atoms with Crippen LogP contribution in [0.25, 0.3) is 0 Å². The van der Waals surface area contributed by atoms with Crippen LogP contribution < -0.4 is 11.3 Å². The van der Waals surface area contributed by atoms with Crippen LogP contribution in [0, 0.1) is 0 Å². The summed E-state index contributed by atoms with van der Waals surface area (Å²) in [7, 11) is 0. The van der Waals surface area contributed by atoms with Crippen LogP contribution in [0.15, 0.2) is 23.1 Å². The molecular formula is C7H12Cl2N2O. The van der Waals surface area contributed by atoms with Gasteiger partial charge in [-0.3, -0.25) is 4.79 Å². The molecule has 0 atom stereocenters. The van der Waals surface area contributed by atoms with Crippen LogP contribution in [-0.2, 0) is 6.42 Å². The van der Waals surface area contributed by atoms with E-state index in [0.29, 0.717) is 13.0 Å². The first-order valence-corrected chi connectivity index (χ1v) is 3.21. The van der Waals surface area contributed by atoms with Crippen LogP contribution in [-0.4, -0.2) is 11.5 Å². The van der Waals surface area contributed by atoms with E-state index in [4.69, 9.17) is 5.73 Å². The first-order chi connectivity index (χ1) is 4.84. The first kappa shape index (κ1) is 14.0. The molecule has 0 fully saturated rings. The van der Waals surface area contributed by atoms with Gasteiger partial charge in [0, 0.05) is 11.8 Å².